The van der Waals surface area contributed by atoms with Gasteiger partial charge in [0.2, 0.25) is 6.41 Å². The molecule has 0 radical (unpaired) electrons. The van der Waals surface area contributed by atoms with Crippen LogP contribution < -0.4 is 5.32 Å². The molecular formula is C29H23Cl2FN4O2. The number of carbonyl (C=O) groups excluding carboxylic acids is 2. The normalized spacial score (nSPS) is 14.7. The zero-order chi connectivity index (χ0) is 26.8. The minimum atomic E-state index is -0.379. The summed E-state index contributed by atoms with van der Waals surface area (Å²) in [6.07, 6.45) is 2.59. The van der Waals surface area contributed by atoms with Gasteiger partial charge in [-0.2, -0.15) is 5.10 Å². The molecule has 0 aliphatic carbocycles. The molecule has 9 heteroatoms. The van der Waals surface area contributed by atoms with E-state index in [1.807, 2.05) is 43.3 Å². The third kappa shape index (κ3) is 5.21. The van der Waals surface area contributed by atoms with Crippen molar-refractivity contribution >= 4 is 47.2 Å². The molecule has 1 aliphatic heterocycles. The number of rotatable bonds is 6. The highest BCUT2D eigenvalue weighted by Gasteiger charge is 2.32. The highest BCUT2D eigenvalue weighted by atomic mass is 35.5. The van der Waals surface area contributed by atoms with E-state index in [4.69, 9.17) is 28.3 Å². The Morgan fingerprint density at radius 1 is 1.05 bits per heavy atom. The number of aromatic nitrogens is 2. The number of halogens is 3. The molecule has 0 fully saturated rings. The van der Waals surface area contributed by atoms with Crippen LogP contribution in [0.15, 0.2) is 72.8 Å². The first-order chi connectivity index (χ1) is 18.3. The Hall–Kier alpha value is -3.94. The molecular weight excluding hydrogens is 526 g/mol. The second-order valence-corrected chi connectivity index (χ2v) is 9.86. The molecule has 0 spiro atoms. The average molecular weight is 549 g/mol. The van der Waals surface area contributed by atoms with Crippen LogP contribution in [0.25, 0.3) is 17.3 Å². The summed E-state index contributed by atoms with van der Waals surface area (Å²) < 4.78 is 15.2. The lowest BCUT2D eigenvalue weighted by molar-refractivity contribution is -0.118. The standard InChI is InChI=1S/C29H23Cl2FN4O2/c1-18(20-5-3-2-4-6-20)33-29(38)27-24-16-35(17-37)15-21(13-19-7-10-23(32)11-8-19)28(24)36(34-27)26-12-9-22(30)14-25(26)31/h2-14,17-18H,15-16H2,1H3,(H,33,38)/b21-13+/t18-/m1/s1. The van der Waals surface area contributed by atoms with Gasteiger partial charge in [0.1, 0.15) is 5.82 Å². The number of nitrogens with zero attached hydrogens (tertiary/aromatic N) is 3. The number of benzene rings is 3. The molecule has 2 heterocycles. The Morgan fingerprint density at radius 3 is 2.47 bits per heavy atom. The number of nitrogens with one attached hydrogen (secondary N) is 1. The van der Waals surface area contributed by atoms with Crippen molar-refractivity contribution in [2.45, 2.75) is 19.5 Å². The van der Waals surface area contributed by atoms with Crippen molar-refractivity contribution in [3.8, 4) is 5.69 Å². The minimum absolute atomic E-state index is 0.186. The SMILES string of the molecule is C[C@@H](NC(=O)c1nn(-c2ccc(Cl)cc2Cl)c2c1CN(C=O)C/C2=C\c1ccc(F)cc1)c1ccccc1. The van der Waals surface area contributed by atoms with Crippen LogP contribution in [0.3, 0.4) is 0 Å². The number of hydrogen-bond acceptors (Lipinski definition) is 3. The Kier molecular flexibility index (Phi) is 7.31. The van der Waals surface area contributed by atoms with E-state index in [0.29, 0.717) is 27.0 Å². The zero-order valence-electron chi connectivity index (χ0n) is 20.4. The molecule has 0 bridgehead atoms. The molecule has 4 aromatic rings. The smallest absolute Gasteiger partial charge is 0.272 e. The van der Waals surface area contributed by atoms with Gasteiger partial charge in [0, 0.05) is 17.1 Å². The van der Waals surface area contributed by atoms with Crippen molar-refractivity contribution in [3.63, 3.8) is 0 Å². The van der Waals surface area contributed by atoms with Crippen LogP contribution in [-0.4, -0.2) is 33.5 Å². The topological polar surface area (TPSA) is 67.2 Å². The molecule has 0 saturated carbocycles. The second kappa shape index (κ2) is 10.8. The second-order valence-electron chi connectivity index (χ2n) is 9.02. The van der Waals surface area contributed by atoms with Crippen LogP contribution >= 0.6 is 23.2 Å². The summed E-state index contributed by atoms with van der Waals surface area (Å²) in [5, 5.41) is 8.54. The molecule has 1 N–H and O–H groups in total. The molecule has 0 saturated heterocycles. The number of fused-ring (bicyclic) bond motifs is 1. The predicted octanol–water partition coefficient (Wildman–Crippen LogP) is 6.32. The van der Waals surface area contributed by atoms with Crippen molar-refractivity contribution in [1.82, 2.24) is 20.0 Å². The summed E-state index contributed by atoms with van der Waals surface area (Å²) >= 11 is 12.7. The summed E-state index contributed by atoms with van der Waals surface area (Å²) in [6.45, 7) is 2.35. The average Bonchev–Trinajstić information content (AvgIpc) is 3.30. The van der Waals surface area contributed by atoms with Crippen molar-refractivity contribution in [2.75, 3.05) is 6.54 Å². The minimum Gasteiger partial charge on any atom is -0.344 e. The van der Waals surface area contributed by atoms with Gasteiger partial charge >= 0.3 is 0 Å². The van der Waals surface area contributed by atoms with E-state index >= 15 is 0 Å². The monoisotopic (exact) mass is 548 g/mol. The Morgan fingerprint density at radius 2 is 1.79 bits per heavy atom. The predicted molar refractivity (Wildman–Crippen MR) is 147 cm³/mol. The Balaban J connectivity index is 1.66. The van der Waals surface area contributed by atoms with Crippen LogP contribution in [0, 0.1) is 5.82 Å². The molecule has 1 aromatic heterocycles. The van der Waals surface area contributed by atoms with Gasteiger partial charge in [-0.1, -0.05) is 65.7 Å². The zero-order valence-corrected chi connectivity index (χ0v) is 21.9. The van der Waals surface area contributed by atoms with Crippen LogP contribution in [-0.2, 0) is 11.3 Å². The molecule has 1 atom stereocenters. The summed E-state index contributed by atoms with van der Waals surface area (Å²) in [7, 11) is 0. The number of amides is 2. The molecule has 1 aliphatic rings. The van der Waals surface area contributed by atoms with E-state index < -0.39 is 0 Å². The first-order valence-corrected chi connectivity index (χ1v) is 12.7. The highest BCUT2D eigenvalue weighted by molar-refractivity contribution is 6.35. The van der Waals surface area contributed by atoms with Crippen molar-refractivity contribution in [2.24, 2.45) is 0 Å². The van der Waals surface area contributed by atoms with Crippen molar-refractivity contribution < 1.29 is 14.0 Å². The fourth-order valence-electron chi connectivity index (χ4n) is 4.53. The molecule has 38 heavy (non-hydrogen) atoms. The van der Waals surface area contributed by atoms with E-state index in [1.54, 1.807) is 39.9 Å². The van der Waals surface area contributed by atoms with Crippen LogP contribution in [0.4, 0.5) is 4.39 Å². The fraction of sp³-hybridized carbons (Fsp3) is 0.138. The first-order valence-electron chi connectivity index (χ1n) is 11.9. The van der Waals surface area contributed by atoms with Gasteiger partial charge in [0.15, 0.2) is 5.69 Å². The Labute approximate surface area is 229 Å². The van der Waals surface area contributed by atoms with E-state index in [9.17, 15) is 14.0 Å². The third-order valence-electron chi connectivity index (χ3n) is 6.38. The molecule has 3 aromatic carbocycles. The van der Waals surface area contributed by atoms with Gasteiger partial charge in [0.05, 0.1) is 29.0 Å². The fourth-order valence-corrected chi connectivity index (χ4v) is 5.02. The third-order valence-corrected chi connectivity index (χ3v) is 6.92. The lowest BCUT2D eigenvalue weighted by Crippen LogP contribution is -2.32. The molecule has 0 unspecified atom stereocenters. The quantitative estimate of drug-likeness (QED) is 0.286. The molecule has 192 valence electrons. The van der Waals surface area contributed by atoms with E-state index in [2.05, 4.69) is 5.32 Å². The van der Waals surface area contributed by atoms with Crippen LogP contribution in [0.1, 0.15) is 45.8 Å². The maximum absolute atomic E-state index is 13.6. The summed E-state index contributed by atoms with van der Waals surface area (Å²) in [4.78, 5) is 27.0. The van der Waals surface area contributed by atoms with E-state index in [1.165, 1.54) is 12.1 Å². The summed E-state index contributed by atoms with van der Waals surface area (Å²) in [5.41, 5.74) is 4.35. The van der Waals surface area contributed by atoms with E-state index in [-0.39, 0.29) is 36.5 Å². The van der Waals surface area contributed by atoms with Crippen molar-refractivity contribution in [1.29, 1.82) is 0 Å². The summed E-state index contributed by atoms with van der Waals surface area (Å²) in [6, 6.07) is 20.4. The number of hydrogen-bond donors (Lipinski definition) is 1. The van der Waals surface area contributed by atoms with Gasteiger partial charge in [-0.25, -0.2) is 9.07 Å². The highest BCUT2D eigenvalue weighted by Crippen LogP contribution is 2.35. The van der Waals surface area contributed by atoms with E-state index in [0.717, 1.165) is 23.1 Å². The van der Waals surface area contributed by atoms with Gasteiger partial charge in [-0.3, -0.25) is 9.59 Å². The van der Waals surface area contributed by atoms with Gasteiger partial charge in [-0.15, -0.1) is 0 Å². The van der Waals surface area contributed by atoms with Gasteiger partial charge in [-0.05, 0) is 60.0 Å². The maximum atomic E-state index is 13.6. The van der Waals surface area contributed by atoms with Crippen LogP contribution in [0.2, 0.25) is 10.0 Å². The molecule has 2 amide bonds. The molecule has 6 nitrogen and oxygen atoms in total. The lowest BCUT2D eigenvalue weighted by Gasteiger charge is -2.27. The van der Waals surface area contributed by atoms with Crippen molar-refractivity contribution in [3.05, 3.63) is 117 Å². The molecule has 5 rings (SSSR count). The lowest BCUT2D eigenvalue weighted by atomic mass is 9.97. The van der Waals surface area contributed by atoms with Gasteiger partial charge in [0.25, 0.3) is 5.91 Å². The maximum Gasteiger partial charge on any atom is 0.272 e. The largest absolute Gasteiger partial charge is 0.344 e. The van der Waals surface area contributed by atoms with Gasteiger partial charge < -0.3 is 10.2 Å². The Bertz CT molecular complexity index is 1530. The first kappa shape index (κ1) is 25.7. The van der Waals surface area contributed by atoms with Crippen LogP contribution in [0.5, 0.6) is 0 Å². The summed E-state index contributed by atoms with van der Waals surface area (Å²) in [5.74, 6) is -0.731. The number of carbonyl (C=O) groups is 2.